The Kier molecular flexibility index (Phi) is 5.41. The lowest BCUT2D eigenvalue weighted by atomic mass is 9.77. The van der Waals surface area contributed by atoms with E-state index in [0.29, 0.717) is 6.54 Å². The Morgan fingerprint density at radius 1 is 1.21 bits per heavy atom. The largest absolute Gasteiger partial charge is 0.380 e. The van der Waals surface area contributed by atoms with Gasteiger partial charge in [0, 0.05) is 19.7 Å². The van der Waals surface area contributed by atoms with E-state index < -0.39 is 0 Å². The van der Waals surface area contributed by atoms with Crippen LogP contribution in [0.3, 0.4) is 0 Å². The lowest BCUT2D eigenvalue weighted by Gasteiger charge is -2.47. The second-order valence-corrected chi connectivity index (χ2v) is 6.56. The number of rotatable bonds is 7. The summed E-state index contributed by atoms with van der Waals surface area (Å²) < 4.78 is 11.8. The van der Waals surface area contributed by atoms with Crippen LogP contribution < -0.4 is 5.73 Å². The molecule has 4 heteroatoms. The first-order valence-corrected chi connectivity index (χ1v) is 7.47. The first-order valence-electron chi connectivity index (χ1n) is 7.47. The molecule has 0 aliphatic carbocycles. The summed E-state index contributed by atoms with van der Waals surface area (Å²) in [6, 6.07) is 0. The minimum absolute atomic E-state index is 0.109. The fraction of sp³-hybridized carbons (Fsp3) is 1.00. The highest BCUT2D eigenvalue weighted by atomic mass is 16.5. The van der Waals surface area contributed by atoms with Crippen LogP contribution in [0, 0.1) is 0 Å². The van der Waals surface area contributed by atoms with E-state index in [2.05, 4.69) is 39.5 Å². The van der Waals surface area contributed by atoms with Gasteiger partial charge < -0.3 is 15.2 Å². The highest BCUT2D eigenvalue weighted by Crippen LogP contribution is 2.47. The van der Waals surface area contributed by atoms with E-state index in [1.54, 1.807) is 0 Å². The second-order valence-electron chi connectivity index (χ2n) is 6.56. The monoisotopic (exact) mass is 272 g/mol. The predicted molar refractivity (Wildman–Crippen MR) is 79.4 cm³/mol. The zero-order valence-corrected chi connectivity index (χ0v) is 13.6. The van der Waals surface area contributed by atoms with Gasteiger partial charge in [0.1, 0.15) is 0 Å². The Labute approximate surface area is 118 Å². The van der Waals surface area contributed by atoms with Gasteiger partial charge in [0.15, 0.2) is 0 Å². The molecule has 19 heavy (non-hydrogen) atoms. The van der Waals surface area contributed by atoms with Crippen LogP contribution in [0.5, 0.6) is 0 Å². The van der Waals surface area contributed by atoms with Crippen LogP contribution in [0.1, 0.15) is 48.0 Å². The van der Waals surface area contributed by atoms with Gasteiger partial charge in [-0.2, -0.15) is 0 Å². The van der Waals surface area contributed by atoms with Crippen molar-refractivity contribution in [3.63, 3.8) is 0 Å². The maximum atomic E-state index is 6.27. The standard InChI is InChI=1S/C15H32N2O2/c1-7-17(9-10-18-8-2)15(12-16)11-13(3,4)19-14(15,5)6/h7-12,16H2,1-6H3. The maximum absolute atomic E-state index is 6.27. The van der Waals surface area contributed by atoms with Crippen LogP contribution in [0.4, 0.5) is 0 Å². The first-order chi connectivity index (χ1) is 8.74. The lowest BCUT2D eigenvalue weighted by Crippen LogP contribution is -2.64. The number of hydrogen-bond acceptors (Lipinski definition) is 4. The highest BCUT2D eigenvalue weighted by molar-refractivity contribution is 5.13. The Morgan fingerprint density at radius 2 is 1.84 bits per heavy atom. The predicted octanol–water partition coefficient (Wildman–Crippen LogP) is 2.02. The maximum Gasteiger partial charge on any atom is 0.0830 e. The molecule has 0 radical (unpaired) electrons. The smallest absolute Gasteiger partial charge is 0.0830 e. The molecular weight excluding hydrogens is 240 g/mol. The fourth-order valence-corrected chi connectivity index (χ4v) is 3.67. The van der Waals surface area contributed by atoms with Crippen LogP contribution in [0.2, 0.25) is 0 Å². The van der Waals surface area contributed by atoms with Crippen molar-refractivity contribution < 1.29 is 9.47 Å². The summed E-state index contributed by atoms with van der Waals surface area (Å²) in [6.07, 6.45) is 0.962. The Morgan fingerprint density at radius 3 is 2.21 bits per heavy atom. The summed E-state index contributed by atoms with van der Waals surface area (Å²) >= 11 is 0. The summed E-state index contributed by atoms with van der Waals surface area (Å²) in [6.45, 7) is 16.9. The molecule has 0 bridgehead atoms. The molecule has 1 aliphatic rings. The van der Waals surface area contributed by atoms with Crippen LogP contribution in [0.25, 0.3) is 0 Å². The quantitative estimate of drug-likeness (QED) is 0.720. The van der Waals surface area contributed by atoms with Crippen molar-refractivity contribution in [2.75, 3.05) is 32.8 Å². The minimum atomic E-state index is -0.243. The number of hydrogen-bond donors (Lipinski definition) is 1. The second kappa shape index (κ2) is 6.08. The van der Waals surface area contributed by atoms with E-state index in [1.807, 2.05) is 6.92 Å². The van der Waals surface area contributed by atoms with E-state index in [-0.39, 0.29) is 16.7 Å². The van der Waals surface area contributed by atoms with Crippen molar-refractivity contribution in [1.29, 1.82) is 0 Å². The normalized spacial score (nSPS) is 29.1. The molecule has 1 heterocycles. The number of likely N-dealkylation sites (N-methyl/N-ethyl adjacent to an activating group) is 1. The Bertz CT molecular complexity index is 292. The third kappa shape index (κ3) is 3.30. The molecule has 2 N–H and O–H groups in total. The van der Waals surface area contributed by atoms with Crippen molar-refractivity contribution in [2.24, 2.45) is 5.73 Å². The van der Waals surface area contributed by atoms with Gasteiger partial charge in [0.2, 0.25) is 0 Å². The molecule has 0 saturated carbocycles. The van der Waals surface area contributed by atoms with E-state index in [1.165, 1.54) is 0 Å². The van der Waals surface area contributed by atoms with Gasteiger partial charge in [-0.15, -0.1) is 0 Å². The van der Waals surface area contributed by atoms with Crippen molar-refractivity contribution in [3.8, 4) is 0 Å². The average molecular weight is 272 g/mol. The molecule has 0 aromatic carbocycles. The molecular formula is C15H32N2O2. The Hall–Kier alpha value is -0.160. The van der Waals surface area contributed by atoms with Crippen molar-refractivity contribution in [2.45, 2.75) is 64.7 Å². The molecule has 1 atom stereocenters. The van der Waals surface area contributed by atoms with E-state index in [0.717, 1.165) is 32.7 Å². The number of nitrogens with two attached hydrogens (primary N) is 1. The Balaban J connectivity index is 2.94. The summed E-state index contributed by atoms with van der Waals surface area (Å²) in [4.78, 5) is 2.44. The van der Waals surface area contributed by atoms with Crippen molar-refractivity contribution >= 4 is 0 Å². The summed E-state index contributed by atoms with van der Waals surface area (Å²) in [7, 11) is 0. The van der Waals surface area contributed by atoms with Gasteiger partial charge in [0.25, 0.3) is 0 Å². The van der Waals surface area contributed by atoms with Crippen LogP contribution >= 0.6 is 0 Å². The third-order valence-corrected chi connectivity index (χ3v) is 4.40. The zero-order valence-electron chi connectivity index (χ0n) is 13.6. The van der Waals surface area contributed by atoms with Crippen LogP contribution in [-0.2, 0) is 9.47 Å². The van der Waals surface area contributed by atoms with Gasteiger partial charge in [-0.25, -0.2) is 0 Å². The first kappa shape index (κ1) is 16.9. The molecule has 0 aromatic heterocycles. The SMILES string of the molecule is CCOCCN(CC)C1(CN)CC(C)(C)OC1(C)C. The van der Waals surface area contributed by atoms with Gasteiger partial charge >= 0.3 is 0 Å². The van der Waals surface area contributed by atoms with E-state index in [9.17, 15) is 0 Å². The molecule has 1 unspecified atom stereocenters. The van der Waals surface area contributed by atoms with Crippen molar-refractivity contribution in [1.82, 2.24) is 4.90 Å². The third-order valence-electron chi connectivity index (χ3n) is 4.40. The average Bonchev–Trinajstić information content (AvgIpc) is 2.50. The molecule has 0 spiro atoms. The number of nitrogens with zero attached hydrogens (tertiary/aromatic N) is 1. The zero-order chi connectivity index (χ0) is 14.7. The molecule has 4 nitrogen and oxygen atoms in total. The molecule has 114 valence electrons. The lowest BCUT2D eigenvalue weighted by molar-refractivity contribution is -0.105. The molecule has 0 amide bonds. The van der Waals surface area contributed by atoms with Crippen molar-refractivity contribution in [3.05, 3.63) is 0 Å². The summed E-state index contributed by atoms with van der Waals surface area (Å²) in [5, 5.41) is 0. The molecule has 1 rings (SSSR count). The summed E-state index contributed by atoms with van der Waals surface area (Å²) in [5.74, 6) is 0. The molecule has 1 fully saturated rings. The van der Waals surface area contributed by atoms with Gasteiger partial charge in [-0.3, -0.25) is 4.90 Å². The highest BCUT2D eigenvalue weighted by Gasteiger charge is 2.58. The fourth-order valence-electron chi connectivity index (χ4n) is 3.67. The molecule has 1 saturated heterocycles. The molecule has 1 aliphatic heterocycles. The number of ether oxygens (including phenoxy) is 2. The molecule has 0 aromatic rings. The van der Waals surface area contributed by atoms with E-state index >= 15 is 0 Å². The van der Waals surface area contributed by atoms with E-state index in [4.69, 9.17) is 15.2 Å². The van der Waals surface area contributed by atoms with Crippen LogP contribution in [0.15, 0.2) is 0 Å². The van der Waals surface area contributed by atoms with Crippen LogP contribution in [-0.4, -0.2) is 54.5 Å². The topological polar surface area (TPSA) is 47.7 Å². The summed E-state index contributed by atoms with van der Waals surface area (Å²) in [5.41, 5.74) is 5.71. The van der Waals surface area contributed by atoms with Gasteiger partial charge in [0.05, 0.1) is 23.3 Å². The van der Waals surface area contributed by atoms with Gasteiger partial charge in [-0.05, 0) is 47.6 Å². The van der Waals surface area contributed by atoms with Gasteiger partial charge in [-0.1, -0.05) is 6.92 Å². The minimum Gasteiger partial charge on any atom is -0.380 e.